The van der Waals surface area contributed by atoms with E-state index in [1.54, 1.807) is 0 Å². The van der Waals surface area contributed by atoms with Crippen molar-refractivity contribution in [2.75, 3.05) is 44.3 Å². The van der Waals surface area contributed by atoms with E-state index in [1.807, 2.05) is 18.2 Å². The molecule has 1 aromatic heterocycles. The van der Waals surface area contributed by atoms with E-state index in [4.69, 9.17) is 16.2 Å². The fourth-order valence-electron chi connectivity index (χ4n) is 2.56. The molecule has 1 saturated heterocycles. The van der Waals surface area contributed by atoms with Crippen molar-refractivity contribution >= 4 is 22.4 Å². The molecule has 1 aromatic carbocycles. The summed E-state index contributed by atoms with van der Waals surface area (Å²) in [6.45, 7) is 4.62. The van der Waals surface area contributed by atoms with Crippen molar-refractivity contribution in [2.24, 2.45) is 0 Å². The van der Waals surface area contributed by atoms with Crippen LogP contribution in [0.4, 0.5) is 11.5 Å². The summed E-state index contributed by atoms with van der Waals surface area (Å²) in [4.78, 5) is 6.85. The number of morpholine rings is 1. The lowest BCUT2D eigenvalue weighted by atomic mass is 10.1. The number of hydrogen-bond acceptors (Lipinski definition) is 5. The van der Waals surface area contributed by atoms with Gasteiger partial charge in [-0.1, -0.05) is 0 Å². The third-order valence-electron chi connectivity index (χ3n) is 3.75. The van der Waals surface area contributed by atoms with Crippen molar-refractivity contribution in [2.45, 2.75) is 6.42 Å². The number of fused-ring (bicyclic) bond motifs is 1. The first kappa shape index (κ1) is 13.1. The number of aromatic nitrogens is 1. The van der Waals surface area contributed by atoms with Crippen LogP contribution >= 0.6 is 0 Å². The SMILES string of the molecule is Nc1ccc2nc(N)c(CCN3CCOCC3)cc2c1. The van der Waals surface area contributed by atoms with E-state index in [9.17, 15) is 0 Å². The van der Waals surface area contributed by atoms with Crippen LogP contribution in [-0.2, 0) is 11.2 Å². The molecule has 106 valence electrons. The lowest BCUT2D eigenvalue weighted by molar-refractivity contribution is 0.0384. The first-order valence-corrected chi connectivity index (χ1v) is 6.97. The molecule has 0 unspecified atom stereocenters. The Morgan fingerprint density at radius 2 is 1.95 bits per heavy atom. The molecule has 3 rings (SSSR count). The number of rotatable bonds is 3. The molecule has 0 bridgehead atoms. The Labute approximate surface area is 118 Å². The zero-order chi connectivity index (χ0) is 13.9. The maximum Gasteiger partial charge on any atom is 0.127 e. The topological polar surface area (TPSA) is 77.4 Å². The highest BCUT2D eigenvalue weighted by Crippen LogP contribution is 2.21. The zero-order valence-electron chi connectivity index (χ0n) is 11.5. The van der Waals surface area contributed by atoms with Crippen LogP contribution in [0.25, 0.3) is 10.9 Å². The largest absolute Gasteiger partial charge is 0.399 e. The molecule has 2 aromatic rings. The molecule has 0 spiro atoms. The zero-order valence-corrected chi connectivity index (χ0v) is 11.5. The summed E-state index contributed by atoms with van der Waals surface area (Å²) in [5, 5.41) is 1.05. The summed E-state index contributed by atoms with van der Waals surface area (Å²) in [7, 11) is 0. The van der Waals surface area contributed by atoms with Crippen molar-refractivity contribution in [3.8, 4) is 0 Å². The molecule has 20 heavy (non-hydrogen) atoms. The Morgan fingerprint density at radius 3 is 2.75 bits per heavy atom. The Kier molecular flexibility index (Phi) is 3.71. The van der Waals surface area contributed by atoms with Crippen molar-refractivity contribution in [1.29, 1.82) is 0 Å². The lowest BCUT2D eigenvalue weighted by Crippen LogP contribution is -2.37. The standard InChI is InChI=1S/C15H20N4O/c16-13-1-2-14-12(10-13)9-11(15(17)18-14)3-4-19-5-7-20-8-6-19/h1-2,9-10H,3-8,16H2,(H2,17,18). The van der Waals surface area contributed by atoms with Crippen LogP contribution in [0.5, 0.6) is 0 Å². The normalized spacial score (nSPS) is 16.6. The molecule has 4 N–H and O–H groups in total. The van der Waals surface area contributed by atoms with Gasteiger partial charge in [0.05, 0.1) is 18.7 Å². The molecule has 0 aliphatic carbocycles. The second kappa shape index (κ2) is 5.64. The predicted molar refractivity (Wildman–Crippen MR) is 81.5 cm³/mol. The highest BCUT2D eigenvalue weighted by molar-refractivity contribution is 5.84. The van der Waals surface area contributed by atoms with Crippen LogP contribution in [0.15, 0.2) is 24.3 Å². The summed E-state index contributed by atoms with van der Waals surface area (Å²) in [6.07, 6.45) is 0.906. The van der Waals surface area contributed by atoms with Crippen molar-refractivity contribution in [1.82, 2.24) is 9.88 Å². The monoisotopic (exact) mass is 272 g/mol. The van der Waals surface area contributed by atoms with E-state index in [2.05, 4.69) is 16.0 Å². The highest BCUT2D eigenvalue weighted by atomic mass is 16.5. The fourth-order valence-corrected chi connectivity index (χ4v) is 2.56. The van der Waals surface area contributed by atoms with Crippen LogP contribution in [0, 0.1) is 0 Å². The predicted octanol–water partition coefficient (Wildman–Crippen LogP) is 1.27. The summed E-state index contributed by atoms with van der Waals surface area (Å²) >= 11 is 0. The number of ether oxygens (including phenoxy) is 1. The van der Waals surface area contributed by atoms with E-state index in [0.717, 1.165) is 61.4 Å². The van der Waals surface area contributed by atoms with Crippen LogP contribution < -0.4 is 11.5 Å². The molecule has 0 amide bonds. The maximum absolute atomic E-state index is 6.05. The Hall–Kier alpha value is -1.85. The Bertz CT molecular complexity index is 608. The van der Waals surface area contributed by atoms with Gasteiger partial charge >= 0.3 is 0 Å². The molecular weight excluding hydrogens is 252 g/mol. The molecule has 5 nitrogen and oxygen atoms in total. The smallest absolute Gasteiger partial charge is 0.127 e. The summed E-state index contributed by atoms with van der Waals surface area (Å²) in [6, 6.07) is 7.81. The van der Waals surface area contributed by atoms with Crippen LogP contribution in [0.3, 0.4) is 0 Å². The van der Waals surface area contributed by atoms with Gasteiger partial charge in [0.15, 0.2) is 0 Å². The minimum Gasteiger partial charge on any atom is -0.399 e. The summed E-state index contributed by atoms with van der Waals surface area (Å²) < 4.78 is 5.35. The van der Waals surface area contributed by atoms with Gasteiger partial charge in [-0.25, -0.2) is 4.98 Å². The second-order valence-electron chi connectivity index (χ2n) is 5.19. The number of benzene rings is 1. The first-order valence-electron chi connectivity index (χ1n) is 6.97. The fraction of sp³-hybridized carbons (Fsp3) is 0.400. The molecule has 1 aliphatic heterocycles. The van der Waals surface area contributed by atoms with Gasteiger partial charge < -0.3 is 16.2 Å². The average molecular weight is 272 g/mol. The number of hydrogen-bond donors (Lipinski definition) is 2. The minimum atomic E-state index is 0.621. The van der Waals surface area contributed by atoms with E-state index in [1.165, 1.54) is 0 Å². The van der Waals surface area contributed by atoms with Crippen molar-refractivity contribution in [3.63, 3.8) is 0 Å². The Morgan fingerprint density at radius 1 is 1.15 bits per heavy atom. The first-order chi connectivity index (χ1) is 9.72. The highest BCUT2D eigenvalue weighted by Gasteiger charge is 2.11. The number of nitrogen functional groups attached to an aromatic ring is 2. The molecule has 0 saturated carbocycles. The molecular formula is C15H20N4O. The molecule has 0 atom stereocenters. The van der Waals surface area contributed by atoms with Gasteiger partial charge in [-0.2, -0.15) is 0 Å². The van der Waals surface area contributed by atoms with Gasteiger partial charge in [0.2, 0.25) is 0 Å². The van der Waals surface area contributed by atoms with Gasteiger partial charge in [-0.05, 0) is 36.2 Å². The average Bonchev–Trinajstić information content (AvgIpc) is 2.46. The minimum absolute atomic E-state index is 0.621. The van der Waals surface area contributed by atoms with Crippen LogP contribution in [0.2, 0.25) is 0 Å². The van der Waals surface area contributed by atoms with E-state index >= 15 is 0 Å². The maximum atomic E-state index is 6.05. The van der Waals surface area contributed by atoms with Gasteiger partial charge in [-0.15, -0.1) is 0 Å². The quantitative estimate of drug-likeness (QED) is 0.823. The van der Waals surface area contributed by atoms with Gasteiger partial charge in [0, 0.05) is 30.7 Å². The Balaban J connectivity index is 1.77. The molecule has 5 heteroatoms. The molecule has 0 radical (unpaired) electrons. The van der Waals surface area contributed by atoms with E-state index < -0.39 is 0 Å². The van der Waals surface area contributed by atoms with Crippen molar-refractivity contribution in [3.05, 3.63) is 29.8 Å². The lowest BCUT2D eigenvalue weighted by Gasteiger charge is -2.26. The summed E-state index contributed by atoms with van der Waals surface area (Å²) in [5.74, 6) is 0.621. The number of nitrogens with two attached hydrogens (primary N) is 2. The number of pyridine rings is 1. The van der Waals surface area contributed by atoms with Crippen LogP contribution in [-0.4, -0.2) is 42.7 Å². The van der Waals surface area contributed by atoms with Crippen LogP contribution in [0.1, 0.15) is 5.56 Å². The molecule has 2 heterocycles. The molecule has 1 aliphatic rings. The van der Waals surface area contributed by atoms with Crippen molar-refractivity contribution < 1.29 is 4.74 Å². The molecule has 1 fully saturated rings. The van der Waals surface area contributed by atoms with E-state index in [-0.39, 0.29) is 0 Å². The third kappa shape index (κ3) is 2.84. The van der Waals surface area contributed by atoms with Gasteiger partial charge in [-0.3, -0.25) is 4.90 Å². The third-order valence-corrected chi connectivity index (χ3v) is 3.75. The van der Waals surface area contributed by atoms with E-state index in [0.29, 0.717) is 5.82 Å². The van der Waals surface area contributed by atoms with Gasteiger partial charge in [0.1, 0.15) is 5.82 Å². The second-order valence-corrected chi connectivity index (χ2v) is 5.19. The number of anilines is 2. The van der Waals surface area contributed by atoms with Gasteiger partial charge in [0.25, 0.3) is 0 Å². The summed E-state index contributed by atoms with van der Waals surface area (Å²) in [5.41, 5.74) is 14.6. The number of nitrogens with zero attached hydrogens (tertiary/aromatic N) is 2.